The molecule has 0 bridgehead atoms. The monoisotopic (exact) mass is 473 g/mol. The summed E-state index contributed by atoms with van der Waals surface area (Å²) in [6.07, 6.45) is 0.532. The van der Waals surface area contributed by atoms with Gasteiger partial charge in [-0.05, 0) is 31.7 Å². The SMILES string of the molecule is CCC1=C(C(=O)OC)[C@H](c2ccccc2F)N2C(CC(=O)N3C[C@H](C)O[C@@H](C)C3)=CSC2=N1. The number of esters is 1. The molecule has 0 unspecified atom stereocenters. The summed E-state index contributed by atoms with van der Waals surface area (Å²) in [7, 11) is 1.31. The maximum Gasteiger partial charge on any atom is 0.338 e. The molecule has 1 aromatic carbocycles. The molecule has 7 nitrogen and oxygen atoms in total. The van der Waals surface area contributed by atoms with E-state index >= 15 is 4.39 Å². The predicted octanol–water partition coefficient (Wildman–Crippen LogP) is 3.99. The number of benzene rings is 1. The van der Waals surface area contributed by atoms with Crippen LogP contribution in [-0.2, 0) is 19.1 Å². The topological polar surface area (TPSA) is 71.4 Å². The molecular formula is C24H28FN3O4S. The molecule has 0 spiro atoms. The van der Waals surface area contributed by atoms with E-state index in [1.807, 2.05) is 26.2 Å². The first-order chi connectivity index (χ1) is 15.8. The van der Waals surface area contributed by atoms with Gasteiger partial charge in [0.2, 0.25) is 5.91 Å². The van der Waals surface area contributed by atoms with Crippen LogP contribution in [0.3, 0.4) is 0 Å². The van der Waals surface area contributed by atoms with Crippen LogP contribution in [0, 0.1) is 5.82 Å². The summed E-state index contributed by atoms with van der Waals surface area (Å²) in [4.78, 5) is 34.3. The lowest BCUT2D eigenvalue weighted by Crippen LogP contribution is -2.48. The highest BCUT2D eigenvalue weighted by Gasteiger charge is 2.43. The third-order valence-electron chi connectivity index (χ3n) is 5.93. The number of carbonyl (C=O) groups is 2. The molecule has 3 heterocycles. The highest BCUT2D eigenvalue weighted by atomic mass is 32.2. The van der Waals surface area contributed by atoms with Gasteiger partial charge >= 0.3 is 5.97 Å². The van der Waals surface area contributed by atoms with Crippen LogP contribution in [0.5, 0.6) is 0 Å². The van der Waals surface area contributed by atoms with E-state index in [4.69, 9.17) is 9.47 Å². The van der Waals surface area contributed by atoms with Gasteiger partial charge in [0, 0.05) is 24.4 Å². The van der Waals surface area contributed by atoms with E-state index in [-0.39, 0.29) is 24.5 Å². The molecule has 1 fully saturated rings. The zero-order valence-corrected chi connectivity index (χ0v) is 20.0. The molecular weight excluding hydrogens is 445 g/mol. The molecule has 9 heteroatoms. The fourth-order valence-corrected chi connectivity index (χ4v) is 5.49. The number of hydrogen-bond acceptors (Lipinski definition) is 7. The Kier molecular flexibility index (Phi) is 6.90. The molecule has 4 rings (SSSR count). The molecule has 0 aliphatic carbocycles. The first-order valence-corrected chi connectivity index (χ1v) is 11.9. The van der Waals surface area contributed by atoms with Gasteiger partial charge in [0.1, 0.15) is 5.82 Å². The van der Waals surface area contributed by atoms with Crippen molar-refractivity contribution < 1.29 is 23.5 Å². The van der Waals surface area contributed by atoms with Gasteiger partial charge < -0.3 is 19.3 Å². The second kappa shape index (κ2) is 9.69. The number of morpholine rings is 1. The molecule has 176 valence electrons. The summed E-state index contributed by atoms with van der Waals surface area (Å²) in [5.74, 6) is -1.03. The van der Waals surface area contributed by atoms with Crippen molar-refractivity contribution in [1.82, 2.24) is 9.80 Å². The predicted molar refractivity (Wildman–Crippen MR) is 125 cm³/mol. The number of allylic oxidation sites excluding steroid dienone is 1. The van der Waals surface area contributed by atoms with Crippen molar-refractivity contribution in [2.75, 3.05) is 20.2 Å². The number of fused-ring (bicyclic) bond motifs is 1. The number of aliphatic imine (C=N–C) groups is 1. The molecule has 0 saturated carbocycles. The van der Waals surface area contributed by atoms with Crippen molar-refractivity contribution in [3.05, 3.63) is 58.0 Å². The Labute approximate surface area is 197 Å². The van der Waals surface area contributed by atoms with Gasteiger partial charge in [-0.25, -0.2) is 14.2 Å². The van der Waals surface area contributed by atoms with Crippen molar-refractivity contribution in [1.29, 1.82) is 0 Å². The van der Waals surface area contributed by atoms with E-state index in [1.54, 1.807) is 28.0 Å². The lowest BCUT2D eigenvalue weighted by atomic mass is 9.92. The van der Waals surface area contributed by atoms with Crippen molar-refractivity contribution in [2.24, 2.45) is 4.99 Å². The van der Waals surface area contributed by atoms with Crippen LogP contribution < -0.4 is 0 Å². The fourth-order valence-electron chi connectivity index (χ4n) is 4.55. The Morgan fingerprint density at radius 1 is 1.24 bits per heavy atom. The van der Waals surface area contributed by atoms with E-state index in [0.29, 0.717) is 47.2 Å². The van der Waals surface area contributed by atoms with Gasteiger partial charge in [0.05, 0.1) is 43.1 Å². The molecule has 0 N–H and O–H groups in total. The van der Waals surface area contributed by atoms with Crippen LogP contribution in [0.2, 0.25) is 0 Å². The summed E-state index contributed by atoms with van der Waals surface area (Å²) in [5, 5.41) is 2.49. The Morgan fingerprint density at radius 2 is 1.94 bits per heavy atom. The van der Waals surface area contributed by atoms with Gasteiger partial charge in [0.25, 0.3) is 0 Å². The Balaban J connectivity index is 1.71. The van der Waals surface area contributed by atoms with Crippen molar-refractivity contribution >= 4 is 28.8 Å². The highest BCUT2D eigenvalue weighted by molar-refractivity contribution is 8.16. The van der Waals surface area contributed by atoms with Crippen molar-refractivity contribution in [3.63, 3.8) is 0 Å². The minimum atomic E-state index is -0.766. The molecule has 33 heavy (non-hydrogen) atoms. The van der Waals surface area contributed by atoms with E-state index < -0.39 is 17.8 Å². The standard InChI is InChI=1S/C24H28FN3O4S/c1-5-19-21(23(30)31-4)22(17-8-6-7-9-18(17)25)28-16(13-33-24(28)26-19)10-20(29)27-11-14(2)32-15(3)12-27/h6-9,13-15,22H,5,10-12H2,1-4H3/t14-,15-,22-/m0/s1. The number of carbonyl (C=O) groups excluding carboxylic acids is 2. The largest absolute Gasteiger partial charge is 0.466 e. The van der Waals surface area contributed by atoms with Crippen LogP contribution in [0.15, 0.2) is 51.6 Å². The van der Waals surface area contributed by atoms with E-state index in [0.717, 1.165) is 0 Å². The molecule has 1 amide bonds. The number of amides is 1. The summed E-state index contributed by atoms with van der Waals surface area (Å²) in [6.45, 7) is 6.84. The average molecular weight is 474 g/mol. The normalized spacial score (nSPS) is 24.9. The second-order valence-electron chi connectivity index (χ2n) is 8.35. The van der Waals surface area contributed by atoms with Gasteiger partial charge in [-0.2, -0.15) is 0 Å². The van der Waals surface area contributed by atoms with Gasteiger partial charge in [-0.1, -0.05) is 36.9 Å². The Morgan fingerprint density at radius 3 is 2.58 bits per heavy atom. The Bertz CT molecular complexity index is 1040. The molecule has 1 aromatic rings. The summed E-state index contributed by atoms with van der Waals surface area (Å²) < 4.78 is 25.8. The van der Waals surface area contributed by atoms with Crippen LogP contribution in [0.1, 0.15) is 45.2 Å². The average Bonchev–Trinajstić information content (AvgIpc) is 3.19. The zero-order chi connectivity index (χ0) is 23.7. The first-order valence-electron chi connectivity index (χ1n) is 11.1. The van der Waals surface area contributed by atoms with E-state index in [9.17, 15) is 9.59 Å². The molecule has 1 saturated heterocycles. The van der Waals surface area contributed by atoms with E-state index in [1.165, 1.54) is 24.9 Å². The Hall–Kier alpha value is -2.65. The van der Waals surface area contributed by atoms with Gasteiger partial charge in [-0.3, -0.25) is 4.79 Å². The third-order valence-corrected chi connectivity index (χ3v) is 6.82. The number of amidine groups is 1. The van der Waals surface area contributed by atoms with Gasteiger partial charge in [-0.15, -0.1) is 0 Å². The number of halogens is 1. The minimum Gasteiger partial charge on any atom is -0.466 e. The fraction of sp³-hybridized carbons (Fsp3) is 0.458. The van der Waals surface area contributed by atoms with Crippen LogP contribution in [-0.4, -0.2) is 59.3 Å². The summed E-state index contributed by atoms with van der Waals surface area (Å²) >= 11 is 1.38. The zero-order valence-electron chi connectivity index (χ0n) is 19.2. The molecule has 3 aliphatic rings. The lowest BCUT2D eigenvalue weighted by molar-refractivity contribution is -0.142. The molecule has 0 aromatic heterocycles. The number of hydrogen-bond donors (Lipinski definition) is 0. The maximum absolute atomic E-state index is 15.0. The highest BCUT2D eigenvalue weighted by Crippen LogP contribution is 2.46. The quantitative estimate of drug-likeness (QED) is 0.603. The van der Waals surface area contributed by atoms with Crippen LogP contribution in [0.25, 0.3) is 0 Å². The maximum atomic E-state index is 15.0. The molecule has 3 atom stereocenters. The number of nitrogens with zero attached hydrogens (tertiary/aromatic N) is 3. The number of methoxy groups -OCH3 is 1. The second-order valence-corrected chi connectivity index (χ2v) is 9.19. The summed E-state index contributed by atoms with van der Waals surface area (Å²) in [6, 6.07) is 5.61. The van der Waals surface area contributed by atoms with Crippen LogP contribution >= 0.6 is 11.8 Å². The smallest absolute Gasteiger partial charge is 0.338 e. The van der Waals surface area contributed by atoms with Crippen molar-refractivity contribution in [3.8, 4) is 0 Å². The van der Waals surface area contributed by atoms with Crippen molar-refractivity contribution in [2.45, 2.75) is 51.9 Å². The van der Waals surface area contributed by atoms with Gasteiger partial charge in [0.15, 0.2) is 5.17 Å². The lowest BCUT2D eigenvalue weighted by Gasteiger charge is -2.38. The number of rotatable bonds is 5. The van der Waals surface area contributed by atoms with Crippen LogP contribution in [0.4, 0.5) is 4.39 Å². The first kappa shape index (κ1) is 23.5. The third kappa shape index (κ3) is 4.56. The number of thioether (sulfide) groups is 1. The summed E-state index contributed by atoms with van der Waals surface area (Å²) in [5.41, 5.74) is 1.88. The number of ether oxygens (including phenoxy) is 2. The minimum absolute atomic E-state index is 0.0381. The van der Waals surface area contributed by atoms with E-state index in [2.05, 4.69) is 4.99 Å². The molecule has 0 radical (unpaired) electrons. The molecule has 3 aliphatic heterocycles.